The first-order valence-corrected chi connectivity index (χ1v) is 4.41. The second-order valence-corrected chi connectivity index (χ2v) is 3.74. The molecule has 2 rings (SSSR count). The molecule has 2 heteroatoms. The van der Waals surface area contributed by atoms with Crippen molar-refractivity contribution in [2.24, 2.45) is 5.92 Å². The Kier molecular flexibility index (Phi) is 1.72. The maximum Gasteiger partial charge on any atom is 0.133 e. The Labute approximate surface area is 66.9 Å². The predicted molar refractivity (Wildman–Crippen MR) is 41.3 cm³/mol. The summed E-state index contributed by atoms with van der Waals surface area (Å²) in [6.45, 7) is 1.70. The molecule has 0 aliphatic carbocycles. The van der Waals surface area contributed by atoms with Gasteiger partial charge in [-0.2, -0.15) is 0 Å². The average molecular weight is 154 g/mol. The molecule has 0 saturated carbocycles. The van der Waals surface area contributed by atoms with E-state index in [4.69, 9.17) is 4.74 Å². The van der Waals surface area contributed by atoms with Crippen LogP contribution >= 0.6 is 0 Å². The molecular formula is C9H14O2. The lowest BCUT2D eigenvalue weighted by atomic mass is 9.92. The number of carbonyl (C=O) groups is 1. The number of hydrogen-bond donors (Lipinski definition) is 0. The molecule has 0 aromatic carbocycles. The Morgan fingerprint density at radius 1 is 1.27 bits per heavy atom. The van der Waals surface area contributed by atoms with E-state index in [2.05, 4.69) is 0 Å². The Hall–Kier alpha value is -0.370. The number of hydrogen-bond acceptors (Lipinski definition) is 2. The summed E-state index contributed by atoms with van der Waals surface area (Å²) in [5, 5.41) is 0. The highest BCUT2D eigenvalue weighted by molar-refractivity contribution is 5.78. The first-order chi connectivity index (χ1) is 5.25. The molecule has 0 radical (unpaired) electrons. The van der Waals surface area contributed by atoms with Crippen LogP contribution in [0.25, 0.3) is 0 Å². The third-order valence-electron chi connectivity index (χ3n) is 2.87. The van der Waals surface area contributed by atoms with E-state index >= 15 is 0 Å². The van der Waals surface area contributed by atoms with Gasteiger partial charge in [0.05, 0.1) is 12.2 Å². The molecule has 2 aliphatic heterocycles. The van der Waals surface area contributed by atoms with Crippen LogP contribution in [0.3, 0.4) is 0 Å². The van der Waals surface area contributed by atoms with Crippen molar-refractivity contribution in [3.63, 3.8) is 0 Å². The van der Waals surface area contributed by atoms with Gasteiger partial charge in [-0.05, 0) is 32.6 Å². The van der Waals surface area contributed by atoms with Crippen LogP contribution in [-0.2, 0) is 9.53 Å². The molecule has 0 N–H and O–H groups in total. The molecule has 2 atom stereocenters. The molecule has 2 saturated heterocycles. The van der Waals surface area contributed by atoms with Crippen LogP contribution in [0.2, 0.25) is 0 Å². The molecule has 0 amide bonds. The van der Waals surface area contributed by atoms with Gasteiger partial charge in [0.1, 0.15) is 5.78 Å². The smallest absolute Gasteiger partial charge is 0.133 e. The van der Waals surface area contributed by atoms with Crippen molar-refractivity contribution in [2.75, 3.05) is 0 Å². The maximum absolute atomic E-state index is 11.1. The fourth-order valence-corrected chi connectivity index (χ4v) is 2.19. The molecule has 11 heavy (non-hydrogen) atoms. The van der Waals surface area contributed by atoms with E-state index in [-0.39, 0.29) is 0 Å². The van der Waals surface area contributed by atoms with E-state index in [1.54, 1.807) is 6.92 Å². The first kappa shape index (κ1) is 7.29. The summed E-state index contributed by atoms with van der Waals surface area (Å²) in [6.07, 6.45) is 5.12. The number of fused-ring (bicyclic) bond motifs is 2. The SMILES string of the molecule is CC(=O)C1CC2CCC(C1)O2. The third-order valence-corrected chi connectivity index (χ3v) is 2.87. The van der Waals surface area contributed by atoms with E-state index in [9.17, 15) is 4.79 Å². The molecular weight excluding hydrogens is 140 g/mol. The second-order valence-electron chi connectivity index (χ2n) is 3.74. The molecule has 0 aromatic heterocycles. The summed E-state index contributed by atoms with van der Waals surface area (Å²) in [6, 6.07) is 0. The zero-order chi connectivity index (χ0) is 7.84. The van der Waals surface area contributed by atoms with Gasteiger partial charge in [-0.1, -0.05) is 0 Å². The van der Waals surface area contributed by atoms with E-state index in [1.807, 2.05) is 0 Å². The fourth-order valence-electron chi connectivity index (χ4n) is 2.19. The van der Waals surface area contributed by atoms with E-state index in [0.29, 0.717) is 23.9 Å². The number of Topliss-reactive ketones (excluding diaryl/α,β-unsaturated/α-hetero) is 1. The summed E-state index contributed by atoms with van der Waals surface area (Å²) in [5.74, 6) is 0.659. The minimum Gasteiger partial charge on any atom is -0.375 e. The highest BCUT2D eigenvalue weighted by Gasteiger charge is 2.36. The summed E-state index contributed by atoms with van der Waals surface area (Å²) in [7, 11) is 0. The number of ether oxygens (including phenoxy) is 1. The normalized spacial score (nSPS) is 42.5. The Morgan fingerprint density at radius 3 is 2.27 bits per heavy atom. The van der Waals surface area contributed by atoms with Gasteiger partial charge in [-0.25, -0.2) is 0 Å². The summed E-state index contributed by atoms with van der Waals surface area (Å²) >= 11 is 0. The van der Waals surface area contributed by atoms with Gasteiger partial charge in [0, 0.05) is 5.92 Å². The quantitative estimate of drug-likeness (QED) is 0.572. The number of ketones is 1. The van der Waals surface area contributed by atoms with Gasteiger partial charge in [0.15, 0.2) is 0 Å². The Morgan fingerprint density at radius 2 is 1.82 bits per heavy atom. The molecule has 2 fully saturated rings. The standard InChI is InChI=1S/C9H14O2/c1-6(10)7-4-8-2-3-9(5-7)11-8/h7-9H,2-5H2,1H3. The minimum absolute atomic E-state index is 0.307. The molecule has 2 bridgehead atoms. The third kappa shape index (κ3) is 1.32. The molecule has 2 nitrogen and oxygen atoms in total. The van der Waals surface area contributed by atoms with Crippen LogP contribution in [0.15, 0.2) is 0 Å². The number of rotatable bonds is 1. The van der Waals surface area contributed by atoms with Crippen molar-refractivity contribution in [3.8, 4) is 0 Å². The van der Waals surface area contributed by atoms with Crippen LogP contribution in [-0.4, -0.2) is 18.0 Å². The van der Waals surface area contributed by atoms with Crippen molar-refractivity contribution in [3.05, 3.63) is 0 Å². The molecule has 0 aromatic rings. The lowest BCUT2D eigenvalue weighted by molar-refractivity contribution is -0.126. The van der Waals surface area contributed by atoms with E-state index in [0.717, 1.165) is 12.8 Å². The van der Waals surface area contributed by atoms with Gasteiger partial charge in [0.25, 0.3) is 0 Å². The van der Waals surface area contributed by atoms with Gasteiger partial charge in [-0.3, -0.25) is 4.79 Å². The van der Waals surface area contributed by atoms with Crippen molar-refractivity contribution in [1.82, 2.24) is 0 Å². The highest BCUT2D eigenvalue weighted by atomic mass is 16.5. The lowest BCUT2D eigenvalue weighted by Crippen LogP contribution is -2.28. The van der Waals surface area contributed by atoms with Crippen molar-refractivity contribution < 1.29 is 9.53 Å². The molecule has 2 heterocycles. The van der Waals surface area contributed by atoms with E-state index in [1.165, 1.54) is 12.8 Å². The Balaban J connectivity index is 2.02. The fraction of sp³-hybridized carbons (Fsp3) is 0.889. The topological polar surface area (TPSA) is 26.3 Å². The molecule has 2 aliphatic rings. The minimum atomic E-state index is 0.307. The summed E-state index contributed by atoms with van der Waals surface area (Å²) < 4.78 is 5.63. The molecule has 0 spiro atoms. The zero-order valence-corrected chi connectivity index (χ0v) is 6.88. The van der Waals surface area contributed by atoms with Gasteiger partial charge in [-0.15, -0.1) is 0 Å². The van der Waals surface area contributed by atoms with Crippen LogP contribution in [0, 0.1) is 5.92 Å². The Bertz CT molecular complexity index is 164. The van der Waals surface area contributed by atoms with Crippen LogP contribution in [0.5, 0.6) is 0 Å². The number of carbonyl (C=O) groups excluding carboxylic acids is 1. The van der Waals surface area contributed by atoms with Crippen molar-refractivity contribution in [1.29, 1.82) is 0 Å². The molecule has 62 valence electrons. The predicted octanol–water partition coefficient (Wildman–Crippen LogP) is 1.53. The van der Waals surface area contributed by atoms with Crippen molar-refractivity contribution in [2.45, 2.75) is 44.8 Å². The average Bonchev–Trinajstić information content (AvgIpc) is 2.30. The van der Waals surface area contributed by atoms with Crippen LogP contribution < -0.4 is 0 Å². The lowest BCUT2D eigenvalue weighted by Gasteiger charge is -2.26. The second kappa shape index (κ2) is 2.59. The summed E-state index contributed by atoms with van der Waals surface area (Å²) in [5.41, 5.74) is 0. The van der Waals surface area contributed by atoms with Crippen LogP contribution in [0.4, 0.5) is 0 Å². The van der Waals surface area contributed by atoms with Gasteiger partial charge in [0.2, 0.25) is 0 Å². The summed E-state index contributed by atoms with van der Waals surface area (Å²) in [4.78, 5) is 11.1. The highest BCUT2D eigenvalue weighted by Crippen LogP contribution is 2.35. The monoisotopic (exact) mass is 154 g/mol. The first-order valence-electron chi connectivity index (χ1n) is 4.41. The van der Waals surface area contributed by atoms with Crippen LogP contribution in [0.1, 0.15) is 32.6 Å². The molecule has 2 unspecified atom stereocenters. The zero-order valence-electron chi connectivity index (χ0n) is 6.88. The van der Waals surface area contributed by atoms with E-state index < -0.39 is 0 Å². The maximum atomic E-state index is 11.1. The van der Waals surface area contributed by atoms with Gasteiger partial charge < -0.3 is 4.74 Å². The largest absolute Gasteiger partial charge is 0.375 e. The van der Waals surface area contributed by atoms with Gasteiger partial charge >= 0.3 is 0 Å². The van der Waals surface area contributed by atoms with Crippen molar-refractivity contribution >= 4 is 5.78 Å².